The third kappa shape index (κ3) is 4.63. The van der Waals surface area contributed by atoms with E-state index in [1.54, 1.807) is 11.3 Å². The van der Waals surface area contributed by atoms with Gasteiger partial charge < -0.3 is 14.6 Å². The second kappa shape index (κ2) is 8.83. The van der Waals surface area contributed by atoms with Crippen LogP contribution in [0.25, 0.3) is 0 Å². The molecule has 0 amide bonds. The third-order valence-electron chi connectivity index (χ3n) is 4.88. The Bertz CT molecular complexity index is 643. The Balaban J connectivity index is 1.58. The van der Waals surface area contributed by atoms with Gasteiger partial charge in [0.2, 0.25) is 0 Å². The molecule has 1 aliphatic heterocycles. The molecule has 5 nitrogen and oxygen atoms in total. The summed E-state index contributed by atoms with van der Waals surface area (Å²) in [6.45, 7) is 12.5. The molecule has 2 aromatic heterocycles. The zero-order valence-corrected chi connectivity index (χ0v) is 16.4. The Labute approximate surface area is 155 Å². The molecule has 138 valence electrons. The number of nitrogens with one attached hydrogen (secondary N) is 1. The van der Waals surface area contributed by atoms with Gasteiger partial charge in [-0.3, -0.25) is 4.90 Å². The van der Waals surface area contributed by atoms with E-state index < -0.39 is 0 Å². The van der Waals surface area contributed by atoms with Gasteiger partial charge in [0, 0.05) is 37.3 Å². The number of thiazole rings is 1. The Morgan fingerprint density at radius 1 is 1.28 bits per heavy atom. The van der Waals surface area contributed by atoms with Crippen LogP contribution in [0.4, 0.5) is 5.13 Å². The van der Waals surface area contributed by atoms with E-state index in [4.69, 9.17) is 4.42 Å². The van der Waals surface area contributed by atoms with E-state index in [0.717, 1.165) is 42.8 Å². The second-order valence-electron chi connectivity index (χ2n) is 6.62. The zero-order chi connectivity index (χ0) is 17.6. The molecular formula is C19H30N4OS. The van der Waals surface area contributed by atoms with Crippen molar-refractivity contribution >= 4 is 16.5 Å². The summed E-state index contributed by atoms with van der Waals surface area (Å²) in [6.07, 6.45) is 4.59. The highest BCUT2D eigenvalue weighted by Gasteiger charge is 2.25. The van der Waals surface area contributed by atoms with Crippen LogP contribution in [0, 0.1) is 6.92 Å². The molecule has 0 aliphatic carbocycles. The molecule has 3 heterocycles. The largest absolute Gasteiger partial charge is 0.465 e. The lowest BCUT2D eigenvalue weighted by molar-refractivity contribution is 0.207. The van der Waals surface area contributed by atoms with Crippen molar-refractivity contribution in [2.24, 2.45) is 0 Å². The predicted octanol–water partition coefficient (Wildman–Crippen LogP) is 3.82. The molecular weight excluding hydrogens is 332 g/mol. The second-order valence-corrected chi connectivity index (χ2v) is 7.71. The van der Waals surface area contributed by atoms with Crippen LogP contribution in [0.1, 0.15) is 49.1 Å². The lowest BCUT2D eigenvalue weighted by atomic mass is 10.2. The first-order chi connectivity index (χ1) is 12.2. The molecule has 0 bridgehead atoms. The number of hydrogen-bond acceptors (Lipinski definition) is 6. The van der Waals surface area contributed by atoms with E-state index in [9.17, 15) is 0 Å². The van der Waals surface area contributed by atoms with Gasteiger partial charge in [0.05, 0.1) is 6.04 Å². The van der Waals surface area contributed by atoms with Crippen molar-refractivity contribution in [2.75, 3.05) is 37.6 Å². The predicted molar refractivity (Wildman–Crippen MR) is 104 cm³/mol. The maximum Gasteiger partial charge on any atom is 0.185 e. The third-order valence-corrected chi connectivity index (χ3v) is 5.94. The molecule has 1 fully saturated rings. The molecule has 6 heteroatoms. The van der Waals surface area contributed by atoms with Gasteiger partial charge >= 0.3 is 0 Å². The summed E-state index contributed by atoms with van der Waals surface area (Å²) in [4.78, 5) is 10.7. The van der Waals surface area contributed by atoms with Crippen molar-refractivity contribution in [1.82, 2.24) is 15.2 Å². The Hall–Kier alpha value is -1.37. The smallest absolute Gasteiger partial charge is 0.185 e. The Morgan fingerprint density at radius 2 is 2.04 bits per heavy atom. The quantitative estimate of drug-likeness (QED) is 0.735. The van der Waals surface area contributed by atoms with Crippen molar-refractivity contribution in [3.8, 4) is 0 Å². The van der Waals surface area contributed by atoms with Crippen LogP contribution in [0.5, 0.6) is 0 Å². The SMILES string of the molecule is CCN(CC)c1ncc(CNCC(c2ccc(C)o2)N2CCCC2)s1. The van der Waals surface area contributed by atoms with Crippen molar-refractivity contribution in [1.29, 1.82) is 0 Å². The van der Waals surface area contributed by atoms with Crippen LogP contribution in [-0.4, -0.2) is 42.6 Å². The summed E-state index contributed by atoms with van der Waals surface area (Å²) in [6, 6.07) is 4.52. The highest BCUT2D eigenvalue weighted by molar-refractivity contribution is 7.15. The topological polar surface area (TPSA) is 44.5 Å². The summed E-state index contributed by atoms with van der Waals surface area (Å²) in [5.41, 5.74) is 0. The standard InChI is InChI=1S/C19H30N4OS/c1-4-22(5-2)19-21-13-16(25-19)12-20-14-17(23-10-6-7-11-23)18-9-8-15(3)24-18/h8-9,13,17,20H,4-7,10-12,14H2,1-3H3. The molecule has 0 aromatic carbocycles. The summed E-state index contributed by atoms with van der Waals surface area (Å²) in [5, 5.41) is 4.75. The number of furan rings is 1. The van der Waals surface area contributed by atoms with Gasteiger partial charge in [-0.15, -0.1) is 11.3 Å². The maximum atomic E-state index is 5.93. The molecule has 0 radical (unpaired) electrons. The van der Waals surface area contributed by atoms with E-state index in [0.29, 0.717) is 6.04 Å². The minimum absolute atomic E-state index is 0.325. The molecule has 0 saturated carbocycles. The van der Waals surface area contributed by atoms with Crippen LogP contribution in [0.3, 0.4) is 0 Å². The van der Waals surface area contributed by atoms with Gasteiger partial charge in [0.15, 0.2) is 5.13 Å². The Morgan fingerprint density at radius 3 is 2.68 bits per heavy atom. The minimum atomic E-state index is 0.325. The number of aromatic nitrogens is 1. The number of nitrogens with zero attached hydrogens (tertiary/aromatic N) is 3. The monoisotopic (exact) mass is 362 g/mol. The van der Waals surface area contributed by atoms with Crippen molar-refractivity contribution < 1.29 is 4.42 Å². The number of aryl methyl sites for hydroxylation is 1. The van der Waals surface area contributed by atoms with Crippen LogP contribution >= 0.6 is 11.3 Å². The number of likely N-dealkylation sites (tertiary alicyclic amines) is 1. The molecule has 2 aromatic rings. The summed E-state index contributed by atoms with van der Waals surface area (Å²) in [7, 11) is 0. The van der Waals surface area contributed by atoms with Gasteiger partial charge in [0.25, 0.3) is 0 Å². The average molecular weight is 363 g/mol. The van der Waals surface area contributed by atoms with Crippen molar-refractivity contribution in [2.45, 2.75) is 46.2 Å². The van der Waals surface area contributed by atoms with Crippen molar-refractivity contribution in [3.05, 3.63) is 34.7 Å². The fourth-order valence-electron chi connectivity index (χ4n) is 3.45. The maximum absolute atomic E-state index is 5.93. The summed E-state index contributed by atoms with van der Waals surface area (Å²) >= 11 is 1.79. The average Bonchev–Trinajstić information content (AvgIpc) is 3.35. The zero-order valence-electron chi connectivity index (χ0n) is 15.6. The molecule has 25 heavy (non-hydrogen) atoms. The number of rotatable bonds is 9. The van der Waals surface area contributed by atoms with Gasteiger partial charge in [-0.2, -0.15) is 0 Å². The first-order valence-corrected chi connectivity index (χ1v) is 10.2. The van der Waals surface area contributed by atoms with E-state index in [-0.39, 0.29) is 0 Å². The Kier molecular flexibility index (Phi) is 6.51. The first-order valence-electron chi connectivity index (χ1n) is 9.42. The fourth-order valence-corrected chi connectivity index (χ4v) is 4.45. The van der Waals surface area contributed by atoms with Crippen LogP contribution < -0.4 is 10.2 Å². The molecule has 1 saturated heterocycles. The summed E-state index contributed by atoms with van der Waals surface area (Å²) in [5.74, 6) is 2.07. The normalized spacial score (nSPS) is 16.4. The molecule has 1 atom stereocenters. The van der Waals surface area contributed by atoms with Gasteiger partial charge in [0.1, 0.15) is 11.5 Å². The number of hydrogen-bond donors (Lipinski definition) is 1. The molecule has 1 aliphatic rings. The lowest BCUT2D eigenvalue weighted by Crippen LogP contribution is -2.33. The highest BCUT2D eigenvalue weighted by Crippen LogP contribution is 2.27. The van der Waals surface area contributed by atoms with Crippen LogP contribution in [0.2, 0.25) is 0 Å². The van der Waals surface area contributed by atoms with Crippen LogP contribution in [-0.2, 0) is 6.54 Å². The van der Waals surface area contributed by atoms with E-state index in [1.807, 2.05) is 13.1 Å². The fraction of sp³-hybridized carbons (Fsp3) is 0.632. The van der Waals surface area contributed by atoms with Crippen LogP contribution in [0.15, 0.2) is 22.7 Å². The number of anilines is 1. The molecule has 3 rings (SSSR count). The lowest BCUT2D eigenvalue weighted by Gasteiger charge is -2.26. The van der Waals surface area contributed by atoms with E-state index >= 15 is 0 Å². The van der Waals surface area contributed by atoms with Gasteiger partial charge in [-0.25, -0.2) is 4.98 Å². The van der Waals surface area contributed by atoms with Gasteiger partial charge in [-0.05, 0) is 58.8 Å². The molecule has 0 spiro atoms. The molecule has 1 unspecified atom stereocenters. The highest BCUT2D eigenvalue weighted by atomic mass is 32.1. The molecule has 1 N–H and O–H groups in total. The minimum Gasteiger partial charge on any atom is -0.465 e. The van der Waals surface area contributed by atoms with Gasteiger partial charge in [-0.1, -0.05) is 0 Å². The first kappa shape index (κ1) is 18.4. The van der Waals surface area contributed by atoms with E-state index in [1.165, 1.54) is 30.8 Å². The van der Waals surface area contributed by atoms with Crippen molar-refractivity contribution in [3.63, 3.8) is 0 Å². The summed E-state index contributed by atoms with van der Waals surface area (Å²) < 4.78 is 5.93. The van der Waals surface area contributed by atoms with E-state index in [2.05, 4.69) is 46.1 Å².